The molecule has 1 unspecified atom stereocenters. The van der Waals surface area contributed by atoms with Crippen LogP contribution in [-0.4, -0.2) is 67.1 Å². The molecule has 0 saturated carbocycles. The number of fused-ring (bicyclic) bond motifs is 1. The molecule has 0 bridgehead atoms. The van der Waals surface area contributed by atoms with Crippen molar-refractivity contribution < 1.29 is 4.79 Å². The number of nitrogens with one attached hydrogen (secondary N) is 1. The minimum atomic E-state index is -0.131. The molecule has 0 aliphatic carbocycles. The number of nitrogens with zero attached hydrogens (tertiary/aromatic N) is 6. The third kappa shape index (κ3) is 3.57. The van der Waals surface area contributed by atoms with Gasteiger partial charge in [0.25, 0.3) is 0 Å². The zero-order valence-electron chi connectivity index (χ0n) is 16.8. The van der Waals surface area contributed by atoms with Gasteiger partial charge in [0.1, 0.15) is 31.1 Å². The molecule has 152 valence electrons. The molecule has 1 amide bonds. The Morgan fingerprint density at radius 2 is 2.03 bits per heavy atom. The summed E-state index contributed by atoms with van der Waals surface area (Å²) >= 11 is 0. The Morgan fingerprint density at radius 1 is 1.17 bits per heavy atom. The molecule has 8 nitrogen and oxygen atoms in total. The molecule has 4 aromatic rings. The zero-order chi connectivity index (χ0) is 20.5. The Morgan fingerprint density at radius 3 is 2.87 bits per heavy atom. The number of hydrogen-bond acceptors (Lipinski definition) is 5. The molecular formula is C22H23N7O. The molecule has 1 aliphatic heterocycles. The second kappa shape index (κ2) is 7.72. The Hall–Kier alpha value is -3.52. The van der Waals surface area contributed by atoms with Gasteiger partial charge in [0.15, 0.2) is 0 Å². The first-order valence-electron chi connectivity index (χ1n) is 10.0. The van der Waals surface area contributed by atoms with Crippen LogP contribution in [0.2, 0.25) is 0 Å². The highest BCUT2D eigenvalue weighted by Gasteiger charge is 2.32. The predicted molar refractivity (Wildman–Crippen MR) is 114 cm³/mol. The van der Waals surface area contributed by atoms with Gasteiger partial charge in [-0.25, -0.2) is 14.6 Å². The molecule has 1 saturated heterocycles. The van der Waals surface area contributed by atoms with E-state index in [1.54, 1.807) is 11.0 Å². The van der Waals surface area contributed by atoms with Gasteiger partial charge in [0.2, 0.25) is 5.91 Å². The summed E-state index contributed by atoms with van der Waals surface area (Å²) in [5.74, 6) is 0.818. The second-order valence-electron chi connectivity index (χ2n) is 7.70. The fraction of sp³-hybridized carbons (Fsp3) is 0.273. The Bertz CT molecular complexity index is 1170. The van der Waals surface area contributed by atoms with Gasteiger partial charge < -0.3 is 14.8 Å². The highest BCUT2D eigenvalue weighted by atomic mass is 16.2. The Labute approximate surface area is 174 Å². The van der Waals surface area contributed by atoms with Crippen molar-refractivity contribution in [1.82, 2.24) is 34.5 Å². The van der Waals surface area contributed by atoms with Gasteiger partial charge in [-0.15, -0.1) is 0 Å². The van der Waals surface area contributed by atoms with E-state index in [-0.39, 0.29) is 18.5 Å². The maximum absolute atomic E-state index is 13.0. The number of amides is 1. The third-order valence-electron chi connectivity index (χ3n) is 5.64. The van der Waals surface area contributed by atoms with E-state index in [9.17, 15) is 4.79 Å². The van der Waals surface area contributed by atoms with Gasteiger partial charge in [0, 0.05) is 25.2 Å². The molecule has 3 heterocycles. The van der Waals surface area contributed by atoms with Gasteiger partial charge in [-0.3, -0.25) is 4.79 Å². The number of H-pyrrole nitrogens is 1. The van der Waals surface area contributed by atoms with Crippen LogP contribution >= 0.6 is 0 Å². The van der Waals surface area contributed by atoms with Crippen LogP contribution < -0.4 is 0 Å². The normalized spacial score (nSPS) is 17.5. The van der Waals surface area contributed by atoms with Crippen molar-refractivity contribution in [2.45, 2.75) is 12.6 Å². The van der Waals surface area contributed by atoms with E-state index in [4.69, 9.17) is 0 Å². The average molecular weight is 401 g/mol. The molecule has 1 N–H and O–H groups in total. The zero-order valence-corrected chi connectivity index (χ0v) is 16.8. The van der Waals surface area contributed by atoms with Crippen LogP contribution in [0.25, 0.3) is 22.0 Å². The summed E-state index contributed by atoms with van der Waals surface area (Å²) in [5, 5.41) is 6.45. The van der Waals surface area contributed by atoms with E-state index in [0.717, 1.165) is 30.2 Å². The minimum Gasteiger partial charge on any atom is -0.340 e. The summed E-state index contributed by atoms with van der Waals surface area (Å²) in [7, 11) is 2.07. The minimum absolute atomic E-state index is 0.0160. The topological polar surface area (TPSA) is 82.9 Å². The van der Waals surface area contributed by atoms with Crippen LogP contribution in [0.5, 0.6) is 0 Å². The first kappa shape index (κ1) is 18.5. The Balaban J connectivity index is 1.42. The molecule has 1 fully saturated rings. The van der Waals surface area contributed by atoms with Crippen molar-refractivity contribution >= 4 is 16.7 Å². The number of aromatic amines is 1. The van der Waals surface area contributed by atoms with Crippen molar-refractivity contribution in [3.8, 4) is 11.3 Å². The van der Waals surface area contributed by atoms with Crippen molar-refractivity contribution in [2.75, 3.05) is 26.7 Å². The van der Waals surface area contributed by atoms with Gasteiger partial charge in [-0.05, 0) is 23.9 Å². The first-order chi connectivity index (χ1) is 14.7. The summed E-state index contributed by atoms with van der Waals surface area (Å²) in [6.07, 6.45) is 4.86. The molecular weight excluding hydrogens is 378 g/mol. The number of piperazine rings is 1. The van der Waals surface area contributed by atoms with E-state index in [1.807, 2.05) is 23.2 Å². The van der Waals surface area contributed by atoms with Gasteiger partial charge in [0.05, 0.1) is 11.9 Å². The molecule has 2 aromatic carbocycles. The predicted octanol–water partition coefficient (Wildman–Crippen LogP) is 2.34. The molecule has 0 spiro atoms. The van der Waals surface area contributed by atoms with Crippen LogP contribution in [0.3, 0.4) is 0 Å². The van der Waals surface area contributed by atoms with Crippen LogP contribution in [0.4, 0.5) is 0 Å². The highest BCUT2D eigenvalue weighted by molar-refractivity contribution is 5.86. The highest BCUT2D eigenvalue weighted by Crippen LogP contribution is 2.27. The van der Waals surface area contributed by atoms with Gasteiger partial charge in [-0.1, -0.05) is 36.4 Å². The first-order valence-corrected chi connectivity index (χ1v) is 10.0. The summed E-state index contributed by atoms with van der Waals surface area (Å²) < 4.78 is 1.56. The summed E-state index contributed by atoms with van der Waals surface area (Å²) in [6.45, 7) is 2.39. The summed E-state index contributed by atoms with van der Waals surface area (Å²) in [4.78, 5) is 29.1. The maximum atomic E-state index is 13.0. The second-order valence-corrected chi connectivity index (χ2v) is 7.70. The van der Waals surface area contributed by atoms with E-state index >= 15 is 0 Å². The SMILES string of the molecule is CN1CCN(C(=O)Cn2cncn2)C(c2ncc(-c3ccc4ccccc4c3)[nH]2)C1. The largest absolute Gasteiger partial charge is 0.340 e. The maximum Gasteiger partial charge on any atom is 0.245 e. The summed E-state index contributed by atoms with van der Waals surface area (Å²) in [5.41, 5.74) is 2.03. The Kier molecular flexibility index (Phi) is 4.76. The van der Waals surface area contributed by atoms with Crippen LogP contribution in [0, 0.1) is 0 Å². The quantitative estimate of drug-likeness (QED) is 0.568. The molecule has 1 atom stereocenters. The van der Waals surface area contributed by atoms with Gasteiger partial charge >= 0.3 is 0 Å². The van der Waals surface area contributed by atoms with Crippen molar-refractivity contribution in [3.63, 3.8) is 0 Å². The van der Waals surface area contributed by atoms with Crippen molar-refractivity contribution in [1.29, 1.82) is 0 Å². The number of hydrogen-bond donors (Lipinski definition) is 1. The van der Waals surface area contributed by atoms with Crippen LogP contribution in [0.15, 0.2) is 61.3 Å². The van der Waals surface area contributed by atoms with E-state index in [2.05, 4.69) is 62.3 Å². The standard InChI is InChI=1S/C22H23N7O/c1-27-8-9-29(21(30)13-28-15-23-14-25-28)20(12-27)22-24-11-19(26-22)18-7-6-16-4-2-3-5-17(16)10-18/h2-7,10-11,14-15,20H,8-9,12-13H2,1H3,(H,24,26). The lowest BCUT2D eigenvalue weighted by Gasteiger charge is -2.39. The fourth-order valence-electron chi connectivity index (χ4n) is 4.01. The number of carbonyl (C=O) groups excluding carboxylic acids is 1. The number of imidazole rings is 1. The number of carbonyl (C=O) groups is 1. The molecule has 30 heavy (non-hydrogen) atoms. The van der Waals surface area contributed by atoms with Crippen LogP contribution in [0.1, 0.15) is 11.9 Å². The number of aromatic nitrogens is 5. The lowest BCUT2D eigenvalue weighted by atomic mass is 10.1. The molecule has 0 radical (unpaired) electrons. The smallest absolute Gasteiger partial charge is 0.245 e. The lowest BCUT2D eigenvalue weighted by molar-refractivity contribution is -0.137. The van der Waals surface area contributed by atoms with Crippen LogP contribution in [-0.2, 0) is 11.3 Å². The summed E-state index contributed by atoms with van der Waals surface area (Å²) in [6, 6.07) is 14.5. The van der Waals surface area contributed by atoms with E-state index < -0.39 is 0 Å². The molecule has 8 heteroatoms. The number of benzene rings is 2. The van der Waals surface area contributed by atoms with Gasteiger partial charge in [-0.2, -0.15) is 5.10 Å². The van der Waals surface area contributed by atoms with E-state index in [0.29, 0.717) is 6.54 Å². The molecule has 2 aromatic heterocycles. The van der Waals surface area contributed by atoms with Crippen molar-refractivity contribution in [2.24, 2.45) is 0 Å². The monoisotopic (exact) mass is 401 g/mol. The molecule has 1 aliphatic rings. The number of rotatable bonds is 4. The third-order valence-corrected chi connectivity index (χ3v) is 5.64. The number of likely N-dealkylation sites (N-methyl/N-ethyl adjacent to an activating group) is 1. The van der Waals surface area contributed by atoms with Crippen molar-refractivity contribution in [3.05, 3.63) is 67.1 Å². The van der Waals surface area contributed by atoms with E-state index in [1.165, 1.54) is 17.1 Å². The fourth-order valence-corrected chi connectivity index (χ4v) is 4.01. The molecule has 5 rings (SSSR count). The average Bonchev–Trinajstić information content (AvgIpc) is 3.45. The lowest BCUT2D eigenvalue weighted by Crippen LogP contribution is -2.50.